The number of hydrogen-bond acceptors (Lipinski definition) is 5. The van der Waals surface area contributed by atoms with E-state index in [0.29, 0.717) is 19.0 Å². The molecule has 1 unspecified atom stereocenters. The summed E-state index contributed by atoms with van der Waals surface area (Å²) in [5, 5.41) is 13.8. The molecule has 0 spiro atoms. The van der Waals surface area contributed by atoms with E-state index in [1.165, 1.54) is 0 Å². The first kappa shape index (κ1) is 28.5. The van der Waals surface area contributed by atoms with Crippen molar-refractivity contribution < 1.29 is 14.1 Å². The molecule has 1 heterocycles. The van der Waals surface area contributed by atoms with Crippen LogP contribution >= 0.6 is 24.0 Å². The van der Waals surface area contributed by atoms with Gasteiger partial charge >= 0.3 is 6.09 Å². The molecule has 1 aromatic heterocycles. The van der Waals surface area contributed by atoms with Gasteiger partial charge in [0.05, 0.1) is 11.2 Å². The third-order valence-electron chi connectivity index (χ3n) is 5.09. The summed E-state index contributed by atoms with van der Waals surface area (Å²) >= 11 is 0. The zero-order valence-corrected chi connectivity index (χ0v) is 22.3. The lowest BCUT2D eigenvalue weighted by Crippen LogP contribution is -2.57. The highest BCUT2D eigenvalue weighted by atomic mass is 127. The Labute approximate surface area is 198 Å². The van der Waals surface area contributed by atoms with E-state index in [9.17, 15) is 4.79 Å². The van der Waals surface area contributed by atoms with Crippen LogP contribution in [0.1, 0.15) is 77.3 Å². The van der Waals surface area contributed by atoms with Crippen LogP contribution in [0.2, 0.25) is 0 Å². The average Bonchev–Trinajstić information content (AvgIpc) is 2.97. The summed E-state index contributed by atoms with van der Waals surface area (Å²) in [5.41, 5.74) is 1.08. The smallest absolute Gasteiger partial charge is 0.408 e. The number of rotatable bonds is 8. The summed E-state index contributed by atoms with van der Waals surface area (Å²) in [7, 11) is 1.73. The Morgan fingerprint density at radius 3 is 2.23 bits per heavy atom. The minimum absolute atomic E-state index is 0. The number of nitrogens with zero attached hydrogens (tertiary/aromatic N) is 2. The lowest BCUT2D eigenvalue weighted by molar-refractivity contribution is 0.0448. The molecule has 1 aromatic rings. The molecule has 30 heavy (non-hydrogen) atoms. The molecule has 0 aromatic carbocycles. The number of alkyl carbamates (subject to hydrolysis) is 1. The molecule has 0 bridgehead atoms. The largest absolute Gasteiger partial charge is 0.444 e. The summed E-state index contributed by atoms with van der Waals surface area (Å²) in [6.07, 6.45) is 1.13. The summed E-state index contributed by atoms with van der Waals surface area (Å²) in [4.78, 5) is 16.6. The SMILES string of the molecule is CCC(CC)(CNC(=NC)NCC(C)c1c(C)noc1C)NC(=O)OC(C)(C)C.I. The third-order valence-corrected chi connectivity index (χ3v) is 5.09. The van der Waals surface area contributed by atoms with Gasteiger partial charge in [0, 0.05) is 31.6 Å². The summed E-state index contributed by atoms with van der Waals surface area (Å²) in [6, 6.07) is 0. The molecule has 0 saturated carbocycles. The van der Waals surface area contributed by atoms with E-state index in [1.807, 2.05) is 34.6 Å². The van der Waals surface area contributed by atoms with E-state index >= 15 is 0 Å². The number of ether oxygens (including phenoxy) is 1. The molecule has 0 saturated heterocycles. The van der Waals surface area contributed by atoms with Gasteiger partial charge in [0.2, 0.25) is 0 Å². The highest BCUT2D eigenvalue weighted by Crippen LogP contribution is 2.22. The molecule has 0 aliphatic rings. The predicted octanol–water partition coefficient (Wildman–Crippen LogP) is 4.26. The fraction of sp³-hybridized carbons (Fsp3) is 0.762. The standard InChI is InChI=1S/C21H39N5O3.HI/c1-10-21(11-2,25-19(27)28-20(6,7)8)13-24-18(22-9)23-12-14(3)17-15(4)26-29-16(17)5;/h14H,10-13H2,1-9H3,(H,25,27)(H2,22,23,24);1H. The van der Waals surface area contributed by atoms with Gasteiger partial charge in [0.1, 0.15) is 11.4 Å². The molecule has 9 heteroatoms. The third kappa shape index (κ3) is 8.69. The molecule has 174 valence electrons. The lowest BCUT2D eigenvalue weighted by atomic mass is 9.93. The van der Waals surface area contributed by atoms with E-state index in [4.69, 9.17) is 9.26 Å². The van der Waals surface area contributed by atoms with E-state index in [0.717, 1.165) is 29.9 Å². The van der Waals surface area contributed by atoms with Gasteiger partial charge in [-0.1, -0.05) is 25.9 Å². The van der Waals surface area contributed by atoms with Crippen molar-refractivity contribution in [2.45, 2.75) is 85.3 Å². The van der Waals surface area contributed by atoms with Crippen molar-refractivity contribution in [2.75, 3.05) is 20.1 Å². The Morgan fingerprint density at radius 1 is 1.20 bits per heavy atom. The Kier molecular flexibility index (Phi) is 11.7. The summed E-state index contributed by atoms with van der Waals surface area (Å²) < 4.78 is 10.7. The minimum Gasteiger partial charge on any atom is -0.444 e. The van der Waals surface area contributed by atoms with Crippen molar-refractivity contribution in [3.8, 4) is 0 Å². The topological polar surface area (TPSA) is 101 Å². The number of amides is 1. The maximum atomic E-state index is 12.3. The Balaban J connectivity index is 0.00000841. The number of halogens is 1. The highest BCUT2D eigenvalue weighted by molar-refractivity contribution is 14.0. The molecule has 0 aliphatic carbocycles. The molecule has 0 radical (unpaired) electrons. The zero-order valence-electron chi connectivity index (χ0n) is 19.9. The Bertz CT molecular complexity index is 674. The monoisotopic (exact) mass is 537 g/mol. The first-order valence-electron chi connectivity index (χ1n) is 10.3. The van der Waals surface area contributed by atoms with Gasteiger partial charge in [-0.2, -0.15) is 0 Å². The highest BCUT2D eigenvalue weighted by Gasteiger charge is 2.30. The summed E-state index contributed by atoms with van der Waals surface area (Å²) in [6.45, 7) is 16.9. The number of nitrogens with one attached hydrogen (secondary N) is 3. The first-order chi connectivity index (χ1) is 13.5. The van der Waals surface area contributed by atoms with Crippen LogP contribution in [-0.4, -0.2) is 48.5 Å². The quantitative estimate of drug-likeness (QED) is 0.260. The van der Waals surface area contributed by atoms with Crippen molar-refractivity contribution in [2.24, 2.45) is 4.99 Å². The van der Waals surface area contributed by atoms with Gasteiger partial charge in [-0.15, -0.1) is 24.0 Å². The van der Waals surface area contributed by atoms with Gasteiger partial charge in [0.15, 0.2) is 5.96 Å². The van der Waals surface area contributed by atoms with Crippen LogP contribution in [0, 0.1) is 13.8 Å². The second kappa shape index (κ2) is 12.4. The first-order valence-corrected chi connectivity index (χ1v) is 10.3. The fourth-order valence-electron chi connectivity index (χ4n) is 3.26. The van der Waals surface area contributed by atoms with Crippen LogP contribution in [0.5, 0.6) is 0 Å². The van der Waals surface area contributed by atoms with E-state index < -0.39 is 17.2 Å². The van der Waals surface area contributed by atoms with Gasteiger partial charge < -0.3 is 25.2 Å². The fourth-order valence-corrected chi connectivity index (χ4v) is 3.26. The van der Waals surface area contributed by atoms with E-state index in [-0.39, 0.29) is 29.9 Å². The molecule has 3 N–H and O–H groups in total. The number of hydrogen-bond donors (Lipinski definition) is 3. The van der Waals surface area contributed by atoms with Crippen LogP contribution in [-0.2, 0) is 4.74 Å². The maximum absolute atomic E-state index is 12.3. The molecular weight excluding hydrogens is 497 g/mol. The van der Waals surface area contributed by atoms with Crippen molar-refractivity contribution >= 4 is 36.0 Å². The number of aromatic nitrogens is 1. The lowest BCUT2D eigenvalue weighted by Gasteiger charge is -2.34. The molecule has 8 nitrogen and oxygen atoms in total. The number of aryl methyl sites for hydroxylation is 2. The molecule has 0 aliphatic heterocycles. The molecule has 1 amide bonds. The van der Waals surface area contributed by atoms with Gasteiger partial charge in [-0.3, -0.25) is 4.99 Å². The number of carbonyl (C=O) groups is 1. The van der Waals surface area contributed by atoms with Crippen molar-refractivity contribution in [3.05, 3.63) is 17.0 Å². The van der Waals surface area contributed by atoms with Crippen LogP contribution in [0.3, 0.4) is 0 Å². The Hall–Kier alpha value is -1.52. The number of carbonyl (C=O) groups excluding carboxylic acids is 1. The van der Waals surface area contributed by atoms with Crippen LogP contribution < -0.4 is 16.0 Å². The van der Waals surface area contributed by atoms with Crippen LogP contribution in [0.15, 0.2) is 9.52 Å². The van der Waals surface area contributed by atoms with Gasteiger partial charge in [-0.25, -0.2) is 4.79 Å². The second-order valence-electron chi connectivity index (χ2n) is 8.56. The van der Waals surface area contributed by atoms with Gasteiger partial charge in [0.25, 0.3) is 0 Å². The summed E-state index contributed by atoms with van der Waals surface area (Å²) in [5.74, 6) is 1.75. The van der Waals surface area contributed by atoms with E-state index in [1.54, 1.807) is 7.05 Å². The molecular formula is C21H40IN5O3. The normalized spacial score (nSPS) is 13.3. The van der Waals surface area contributed by atoms with Crippen LogP contribution in [0.4, 0.5) is 4.79 Å². The maximum Gasteiger partial charge on any atom is 0.408 e. The molecule has 0 fully saturated rings. The zero-order chi connectivity index (χ0) is 22.2. The number of aliphatic imine (C=N–C) groups is 1. The molecule has 1 rings (SSSR count). The molecule has 1 atom stereocenters. The Morgan fingerprint density at radius 2 is 1.80 bits per heavy atom. The van der Waals surface area contributed by atoms with Crippen molar-refractivity contribution in [1.82, 2.24) is 21.1 Å². The minimum atomic E-state index is -0.531. The number of guanidine groups is 1. The van der Waals surface area contributed by atoms with Crippen molar-refractivity contribution in [1.29, 1.82) is 0 Å². The van der Waals surface area contributed by atoms with E-state index in [2.05, 4.69) is 46.9 Å². The van der Waals surface area contributed by atoms with Gasteiger partial charge in [-0.05, 0) is 47.5 Å². The second-order valence-corrected chi connectivity index (χ2v) is 8.56. The van der Waals surface area contributed by atoms with Crippen LogP contribution in [0.25, 0.3) is 0 Å². The predicted molar refractivity (Wildman–Crippen MR) is 132 cm³/mol. The average molecular weight is 537 g/mol. The van der Waals surface area contributed by atoms with Crippen molar-refractivity contribution in [3.63, 3.8) is 0 Å².